The quantitative estimate of drug-likeness (QED) is 0.852. The van der Waals surface area contributed by atoms with E-state index in [2.05, 4.69) is 11.6 Å². The lowest BCUT2D eigenvalue weighted by Crippen LogP contribution is -2.44. The van der Waals surface area contributed by atoms with Gasteiger partial charge in [0.15, 0.2) is 0 Å². The van der Waals surface area contributed by atoms with E-state index in [1.54, 1.807) is 6.20 Å². The SMILES string of the molecule is C=CC[C@]1(N)CC[C@@H](Oc2ccc3c(=O)[nH]ccc3c2)CC1. The fourth-order valence-corrected chi connectivity index (χ4v) is 3.21. The van der Waals surface area contributed by atoms with Gasteiger partial charge in [-0.2, -0.15) is 0 Å². The average molecular weight is 298 g/mol. The van der Waals surface area contributed by atoms with E-state index in [1.807, 2.05) is 30.3 Å². The molecule has 1 heterocycles. The Morgan fingerprint density at radius 3 is 2.86 bits per heavy atom. The van der Waals surface area contributed by atoms with Gasteiger partial charge in [-0.1, -0.05) is 6.08 Å². The Kier molecular flexibility index (Phi) is 4.03. The topological polar surface area (TPSA) is 68.1 Å². The molecule has 0 amide bonds. The molecule has 1 aromatic carbocycles. The summed E-state index contributed by atoms with van der Waals surface area (Å²) in [5.74, 6) is 0.816. The van der Waals surface area contributed by atoms with Crippen molar-refractivity contribution in [3.05, 3.63) is 53.5 Å². The number of pyridine rings is 1. The number of benzene rings is 1. The van der Waals surface area contributed by atoms with E-state index in [9.17, 15) is 4.79 Å². The third kappa shape index (κ3) is 3.07. The van der Waals surface area contributed by atoms with Gasteiger partial charge in [-0.15, -0.1) is 6.58 Å². The lowest BCUT2D eigenvalue weighted by molar-refractivity contribution is 0.119. The van der Waals surface area contributed by atoms with Crippen LogP contribution < -0.4 is 16.0 Å². The Hall–Kier alpha value is -2.07. The van der Waals surface area contributed by atoms with Gasteiger partial charge in [0.2, 0.25) is 0 Å². The molecule has 4 nitrogen and oxygen atoms in total. The predicted molar refractivity (Wildman–Crippen MR) is 89.2 cm³/mol. The molecule has 0 radical (unpaired) electrons. The van der Waals surface area contributed by atoms with Crippen molar-refractivity contribution in [3.8, 4) is 5.75 Å². The number of nitrogens with one attached hydrogen (secondary N) is 1. The third-order valence-electron chi connectivity index (χ3n) is 4.53. The molecule has 2 aromatic rings. The summed E-state index contributed by atoms with van der Waals surface area (Å²) in [6.45, 7) is 3.78. The minimum Gasteiger partial charge on any atom is -0.490 e. The predicted octanol–water partition coefficient (Wildman–Crippen LogP) is 3.12. The monoisotopic (exact) mass is 298 g/mol. The van der Waals surface area contributed by atoms with Gasteiger partial charge < -0.3 is 15.5 Å². The number of nitrogens with two attached hydrogens (primary N) is 1. The maximum Gasteiger partial charge on any atom is 0.255 e. The molecule has 0 atom stereocenters. The third-order valence-corrected chi connectivity index (χ3v) is 4.53. The van der Waals surface area contributed by atoms with Crippen LogP contribution >= 0.6 is 0 Å². The van der Waals surface area contributed by atoms with E-state index in [0.29, 0.717) is 5.39 Å². The molecular weight excluding hydrogens is 276 g/mol. The highest BCUT2D eigenvalue weighted by Gasteiger charge is 2.31. The van der Waals surface area contributed by atoms with Crippen LogP contribution in [0.1, 0.15) is 32.1 Å². The number of hydrogen-bond donors (Lipinski definition) is 2. The smallest absolute Gasteiger partial charge is 0.255 e. The Bertz CT molecular complexity index is 727. The second-order valence-electron chi connectivity index (χ2n) is 6.23. The van der Waals surface area contributed by atoms with Crippen molar-refractivity contribution in [1.29, 1.82) is 0 Å². The van der Waals surface area contributed by atoms with Crippen molar-refractivity contribution in [2.45, 2.75) is 43.7 Å². The van der Waals surface area contributed by atoms with E-state index >= 15 is 0 Å². The summed E-state index contributed by atoms with van der Waals surface area (Å²) in [4.78, 5) is 14.4. The lowest BCUT2D eigenvalue weighted by Gasteiger charge is -2.36. The second-order valence-corrected chi connectivity index (χ2v) is 6.23. The lowest BCUT2D eigenvalue weighted by atomic mass is 9.79. The Morgan fingerprint density at radius 2 is 2.14 bits per heavy atom. The van der Waals surface area contributed by atoms with Gasteiger partial charge in [0.25, 0.3) is 5.56 Å². The fourth-order valence-electron chi connectivity index (χ4n) is 3.21. The van der Waals surface area contributed by atoms with Gasteiger partial charge in [0.1, 0.15) is 5.75 Å². The highest BCUT2D eigenvalue weighted by atomic mass is 16.5. The minimum atomic E-state index is -0.113. The Labute approximate surface area is 130 Å². The maximum atomic E-state index is 11.7. The molecule has 116 valence electrons. The van der Waals surface area contributed by atoms with Crippen LogP contribution in [0.3, 0.4) is 0 Å². The molecule has 0 spiro atoms. The average Bonchev–Trinajstić information content (AvgIpc) is 2.50. The zero-order valence-corrected chi connectivity index (χ0v) is 12.7. The summed E-state index contributed by atoms with van der Waals surface area (Å²) < 4.78 is 6.08. The molecule has 4 heteroatoms. The van der Waals surface area contributed by atoms with Gasteiger partial charge in [-0.05, 0) is 61.8 Å². The first-order valence-electron chi connectivity index (χ1n) is 7.77. The van der Waals surface area contributed by atoms with Crippen molar-refractivity contribution >= 4 is 10.8 Å². The molecule has 1 aliphatic carbocycles. The first-order valence-corrected chi connectivity index (χ1v) is 7.77. The van der Waals surface area contributed by atoms with Crippen LogP contribution in [-0.4, -0.2) is 16.6 Å². The van der Waals surface area contributed by atoms with Crippen molar-refractivity contribution in [2.75, 3.05) is 0 Å². The largest absolute Gasteiger partial charge is 0.490 e. The van der Waals surface area contributed by atoms with Gasteiger partial charge >= 0.3 is 0 Å². The summed E-state index contributed by atoms with van der Waals surface area (Å²) >= 11 is 0. The number of ether oxygens (including phenoxy) is 1. The van der Waals surface area contributed by atoms with Gasteiger partial charge in [-0.25, -0.2) is 0 Å². The number of rotatable bonds is 4. The molecule has 0 saturated heterocycles. The van der Waals surface area contributed by atoms with Crippen molar-refractivity contribution in [1.82, 2.24) is 4.98 Å². The standard InChI is InChI=1S/C18H22N2O2/c1-2-8-18(19)9-5-14(6-10-18)22-15-3-4-16-13(12-15)7-11-20-17(16)21/h2-4,7,11-12,14H,1,5-6,8-10,19H2,(H,20,21)/t14-,18+. The zero-order valence-electron chi connectivity index (χ0n) is 12.7. The fraction of sp³-hybridized carbons (Fsp3) is 0.389. The van der Waals surface area contributed by atoms with Crippen LogP contribution in [0.25, 0.3) is 10.8 Å². The van der Waals surface area contributed by atoms with E-state index < -0.39 is 0 Å². The molecule has 3 rings (SSSR count). The molecule has 1 saturated carbocycles. The highest BCUT2D eigenvalue weighted by molar-refractivity contribution is 5.82. The highest BCUT2D eigenvalue weighted by Crippen LogP contribution is 2.32. The Morgan fingerprint density at radius 1 is 1.36 bits per heavy atom. The number of hydrogen-bond acceptors (Lipinski definition) is 3. The molecule has 22 heavy (non-hydrogen) atoms. The van der Waals surface area contributed by atoms with E-state index in [-0.39, 0.29) is 17.2 Å². The van der Waals surface area contributed by atoms with Crippen LogP contribution in [-0.2, 0) is 0 Å². The minimum absolute atomic E-state index is 0.0703. The van der Waals surface area contributed by atoms with Gasteiger partial charge in [0.05, 0.1) is 6.10 Å². The van der Waals surface area contributed by atoms with E-state index in [0.717, 1.165) is 43.2 Å². The van der Waals surface area contributed by atoms with Crippen LogP contribution in [0.5, 0.6) is 5.75 Å². The van der Waals surface area contributed by atoms with E-state index in [4.69, 9.17) is 10.5 Å². The maximum absolute atomic E-state index is 11.7. The first kappa shape index (κ1) is 14.9. The molecule has 0 bridgehead atoms. The summed E-state index contributed by atoms with van der Waals surface area (Å²) in [6.07, 6.45) is 8.44. The molecular formula is C18H22N2O2. The summed E-state index contributed by atoms with van der Waals surface area (Å²) in [5.41, 5.74) is 6.17. The molecule has 1 aromatic heterocycles. The van der Waals surface area contributed by atoms with Crippen molar-refractivity contribution in [3.63, 3.8) is 0 Å². The number of H-pyrrole nitrogens is 1. The normalized spacial score (nSPS) is 25.0. The molecule has 0 aliphatic heterocycles. The van der Waals surface area contributed by atoms with Crippen LogP contribution in [0.15, 0.2) is 47.9 Å². The molecule has 0 unspecified atom stereocenters. The number of aromatic amines is 1. The molecule has 1 fully saturated rings. The number of fused-ring (bicyclic) bond motifs is 1. The second kappa shape index (κ2) is 5.97. The zero-order chi connectivity index (χ0) is 15.6. The molecule has 3 N–H and O–H groups in total. The van der Waals surface area contributed by atoms with Gasteiger partial charge in [0, 0.05) is 17.1 Å². The Balaban J connectivity index is 1.70. The molecule has 1 aliphatic rings. The van der Waals surface area contributed by atoms with Gasteiger partial charge in [-0.3, -0.25) is 4.79 Å². The van der Waals surface area contributed by atoms with Crippen molar-refractivity contribution < 1.29 is 4.74 Å². The van der Waals surface area contributed by atoms with Crippen LogP contribution in [0, 0.1) is 0 Å². The summed E-state index contributed by atoms with van der Waals surface area (Å²) in [7, 11) is 0. The van der Waals surface area contributed by atoms with Crippen LogP contribution in [0.2, 0.25) is 0 Å². The van der Waals surface area contributed by atoms with Crippen molar-refractivity contribution in [2.24, 2.45) is 5.73 Å². The van der Waals surface area contributed by atoms with E-state index in [1.165, 1.54) is 0 Å². The first-order chi connectivity index (χ1) is 10.6. The summed E-state index contributed by atoms with van der Waals surface area (Å²) in [5, 5.41) is 1.59. The van der Waals surface area contributed by atoms with Crippen LogP contribution in [0.4, 0.5) is 0 Å². The summed E-state index contributed by atoms with van der Waals surface area (Å²) in [6, 6.07) is 7.50. The number of aromatic nitrogens is 1.